The van der Waals surface area contributed by atoms with Crippen LogP contribution in [0.5, 0.6) is 0 Å². The first-order valence-electron chi connectivity index (χ1n) is 9.06. The molecule has 11 nitrogen and oxygen atoms in total. The van der Waals surface area contributed by atoms with Crippen molar-refractivity contribution < 1.29 is 24.0 Å². The molecule has 1 heterocycles. The third kappa shape index (κ3) is 4.78. The molecular formula is C20H15ClN4O7. The van der Waals surface area contributed by atoms with Gasteiger partial charge in [-0.3, -0.25) is 29.3 Å². The smallest absolute Gasteiger partial charge is 0.317 e. The zero-order valence-corrected chi connectivity index (χ0v) is 17.2. The maximum Gasteiger partial charge on any atom is 0.317 e. The Morgan fingerprint density at radius 1 is 1.25 bits per heavy atom. The summed E-state index contributed by atoms with van der Waals surface area (Å²) in [6, 6.07) is 9.75. The van der Waals surface area contributed by atoms with Crippen LogP contribution < -0.4 is 10.9 Å². The van der Waals surface area contributed by atoms with Crippen LogP contribution >= 0.6 is 11.6 Å². The molecule has 164 valence electrons. The van der Waals surface area contributed by atoms with Gasteiger partial charge in [0.05, 0.1) is 23.1 Å². The Balaban J connectivity index is 1.90. The van der Waals surface area contributed by atoms with Crippen molar-refractivity contribution >= 4 is 51.7 Å². The van der Waals surface area contributed by atoms with Crippen molar-refractivity contribution in [2.45, 2.75) is 6.42 Å². The number of amides is 1. The van der Waals surface area contributed by atoms with Crippen molar-refractivity contribution in [3.8, 4) is 0 Å². The number of aromatic nitrogens is 2. The molecule has 3 aromatic rings. The van der Waals surface area contributed by atoms with Gasteiger partial charge in [0.25, 0.3) is 17.2 Å². The molecule has 3 rings (SSSR count). The number of nitro groups is 1. The molecule has 32 heavy (non-hydrogen) atoms. The molecule has 1 aromatic heterocycles. The number of hydrogen-bond acceptors (Lipinski definition) is 8. The summed E-state index contributed by atoms with van der Waals surface area (Å²) in [6.07, 6.45) is -0.524. The van der Waals surface area contributed by atoms with Crippen LogP contribution in [0.4, 0.5) is 11.4 Å². The summed E-state index contributed by atoms with van der Waals surface area (Å²) in [6.45, 7) is 0. The van der Waals surface area contributed by atoms with Crippen LogP contribution in [0.25, 0.3) is 11.0 Å². The lowest BCUT2D eigenvalue weighted by Crippen LogP contribution is -2.37. The topological polar surface area (TPSA) is 161 Å². The minimum absolute atomic E-state index is 0.179. The molecule has 2 N–H and O–H groups in total. The predicted octanol–water partition coefficient (Wildman–Crippen LogP) is 2.02. The summed E-state index contributed by atoms with van der Waals surface area (Å²) in [5.41, 5.74) is -0.819. The van der Waals surface area contributed by atoms with Gasteiger partial charge in [-0.15, -0.1) is 0 Å². The lowest BCUT2D eigenvalue weighted by atomic mass is 9.97. The molecule has 1 amide bonds. The minimum Gasteiger partial charge on any atom is -0.468 e. The molecule has 0 bridgehead atoms. The maximum atomic E-state index is 12.7. The fourth-order valence-electron chi connectivity index (χ4n) is 2.93. The van der Waals surface area contributed by atoms with Gasteiger partial charge in [-0.2, -0.15) is 0 Å². The van der Waals surface area contributed by atoms with Crippen LogP contribution in [0.3, 0.4) is 0 Å². The molecule has 0 fully saturated rings. The van der Waals surface area contributed by atoms with Gasteiger partial charge in [0.15, 0.2) is 0 Å². The molecule has 12 heteroatoms. The molecule has 0 saturated heterocycles. The highest BCUT2D eigenvalue weighted by atomic mass is 35.5. The van der Waals surface area contributed by atoms with E-state index in [4.69, 9.17) is 11.6 Å². The van der Waals surface area contributed by atoms with Crippen LogP contribution in [0.15, 0.2) is 47.3 Å². The Labute approximate surface area is 184 Å². The fraction of sp³-hybridized carbons (Fsp3) is 0.150. The van der Waals surface area contributed by atoms with E-state index in [1.165, 1.54) is 30.3 Å². The number of Topliss-reactive ketones (excluding diaryl/α,β-unsaturated/α-hetero) is 1. The number of para-hydroxylation sites is 2. The number of H-pyrrole nitrogens is 1. The summed E-state index contributed by atoms with van der Waals surface area (Å²) >= 11 is 5.89. The number of hydrogen-bond donors (Lipinski definition) is 2. The van der Waals surface area contributed by atoms with Crippen molar-refractivity contribution in [2.24, 2.45) is 5.92 Å². The van der Waals surface area contributed by atoms with Gasteiger partial charge in [-0.05, 0) is 24.3 Å². The zero-order valence-electron chi connectivity index (χ0n) is 16.5. The van der Waals surface area contributed by atoms with Gasteiger partial charge in [0.2, 0.25) is 5.78 Å². The Morgan fingerprint density at radius 2 is 1.97 bits per heavy atom. The molecule has 0 saturated carbocycles. The van der Waals surface area contributed by atoms with Gasteiger partial charge in [0, 0.05) is 17.5 Å². The van der Waals surface area contributed by atoms with Crippen LogP contribution in [0.1, 0.15) is 5.69 Å². The van der Waals surface area contributed by atoms with Crippen LogP contribution in [0, 0.1) is 16.0 Å². The first-order chi connectivity index (χ1) is 15.2. The molecular weight excluding hydrogens is 444 g/mol. The average molecular weight is 459 g/mol. The number of nitrogens with zero attached hydrogens (tertiary/aromatic N) is 2. The number of ether oxygens (including phenoxy) is 1. The number of aromatic amines is 1. The standard InChI is InChI=1S/C20H15ClN4O7/c1-32-20(29)11(9-15-18(27)24-14-8-10(21)6-7-12(14)22-15)17(26)19(28)23-13-4-2-3-5-16(13)25(30)31/h2-8,11H,9H2,1H3,(H,23,28)(H,24,27). The van der Waals surface area contributed by atoms with E-state index >= 15 is 0 Å². The van der Waals surface area contributed by atoms with E-state index in [0.717, 1.165) is 13.2 Å². The highest BCUT2D eigenvalue weighted by Crippen LogP contribution is 2.23. The largest absolute Gasteiger partial charge is 0.468 e. The SMILES string of the molecule is COC(=O)C(Cc1nc2ccc(Cl)cc2[nH]c1=O)C(=O)C(=O)Nc1ccccc1[N+](=O)[O-]. The molecule has 0 spiro atoms. The second kappa shape index (κ2) is 9.35. The van der Waals surface area contributed by atoms with E-state index in [-0.39, 0.29) is 11.4 Å². The summed E-state index contributed by atoms with van der Waals surface area (Å²) < 4.78 is 4.61. The van der Waals surface area contributed by atoms with Crippen molar-refractivity contribution in [2.75, 3.05) is 12.4 Å². The van der Waals surface area contributed by atoms with E-state index in [1.54, 1.807) is 6.07 Å². The number of carbonyl (C=O) groups is 3. The second-order valence-electron chi connectivity index (χ2n) is 6.55. The third-order valence-electron chi connectivity index (χ3n) is 4.50. The number of nitrogens with one attached hydrogen (secondary N) is 2. The summed E-state index contributed by atoms with van der Waals surface area (Å²) in [5.74, 6) is -5.28. The number of carbonyl (C=O) groups excluding carboxylic acids is 3. The number of fused-ring (bicyclic) bond motifs is 1. The van der Waals surface area contributed by atoms with E-state index in [9.17, 15) is 29.3 Å². The van der Waals surface area contributed by atoms with Crippen molar-refractivity contribution in [3.63, 3.8) is 0 Å². The van der Waals surface area contributed by atoms with Gasteiger partial charge < -0.3 is 15.0 Å². The average Bonchev–Trinajstić information content (AvgIpc) is 2.76. The molecule has 0 aliphatic carbocycles. The number of rotatable bonds is 7. The number of esters is 1. The molecule has 1 atom stereocenters. The highest BCUT2D eigenvalue weighted by molar-refractivity contribution is 6.44. The van der Waals surface area contributed by atoms with Crippen molar-refractivity contribution in [3.05, 3.63) is 73.6 Å². The summed E-state index contributed by atoms with van der Waals surface area (Å²) in [7, 11) is 1.02. The molecule has 0 radical (unpaired) electrons. The fourth-order valence-corrected chi connectivity index (χ4v) is 3.11. The van der Waals surface area contributed by atoms with E-state index in [0.29, 0.717) is 16.1 Å². The van der Waals surface area contributed by atoms with E-state index in [2.05, 4.69) is 20.0 Å². The zero-order chi connectivity index (χ0) is 23.4. The van der Waals surface area contributed by atoms with Crippen LogP contribution in [-0.2, 0) is 25.5 Å². The quantitative estimate of drug-likeness (QED) is 0.178. The summed E-state index contributed by atoms with van der Waals surface area (Å²) in [5, 5.41) is 13.6. The van der Waals surface area contributed by atoms with Crippen LogP contribution in [0.2, 0.25) is 5.02 Å². The molecule has 0 aliphatic rings. The van der Waals surface area contributed by atoms with Gasteiger partial charge >= 0.3 is 5.97 Å². The second-order valence-corrected chi connectivity index (χ2v) is 6.98. The lowest BCUT2D eigenvalue weighted by Gasteiger charge is -2.13. The lowest BCUT2D eigenvalue weighted by molar-refractivity contribution is -0.383. The van der Waals surface area contributed by atoms with Crippen molar-refractivity contribution in [1.29, 1.82) is 0 Å². The number of benzene rings is 2. The van der Waals surface area contributed by atoms with Gasteiger partial charge in [-0.1, -0.05) is 23.7 Å². The van der Waals surface area contributed by atoms with E-state index < -0.39 is 46.2 Å². The number of nitro benzene ring substituents is 1. The predicted molar refractivity (Wildman–Crippen MR) is 113 cm³/mol. The van der Waals surface area contributed by atoms with E-state index in [1.807, 2.05) is 0 Å². The number of halogens is 1. The maximum absolute atomic E-state index is 12.7. The Morgan fingerprint density at radius 3 is 2.66 bits per heavy atom. The van der Waals surface area contributed by atoms with Gasteiger partial charge in [-0.25, -0.2) is 4.98 Å². The Kier molecular flexibility index (Phi) is 6.59. The minimum atomic E-state index is -1.69. The Bertz CT molecular complexity index is 1300. The third-order valence-corrected chi connectivity index (χ3v) is 4.73. The molecule has 2 aromatic carbocycles. The first kappa shape index (κ1) is 22.6. The summed E-state index contributed by atoms with van der Waals surface area (Å²) in [4.78, 5) is 66.9. The van der Waals surface area contributed by atoms with Crippen LogP contribution in [-0.4, -0.2) is 39.7 Å². The monoisotopic (exact) mass is 458 g/mol. The first-order valence-corrected chi connectivity index (χ1v) is 9.44. The normalized spacial score (nSPS) is 11.6. The Hall–Kier alpha value is -4.12. The van der Waals surface area contributed by atoms with Gasteiger partial charge in [0.1, 0.15) is 17.3 Å². The van der Waals surface area contributed by atoms with Crippen molar-refractivity contribution in [1.82, 2.24) is 9.97 Å². The molecule has 1 unspecified atom stereocenters. The number of methoxy groups -OCH3 is 1. The molecule has 0 aliphatic heterocycles. The number of anilines is 1. The highest BCUT2D eigenvalue weighted by Gasteiger charge is 2.35. The number of ketones is 1.